The van der Waals surface area contributed by atoms with Crippen LogP contribution in [0, 0.1) is 0 Å². The predicted molar refractivity (Wildman–Crippen MR) is 82.9 cm³/mol. The van der Waals surface area contributed by atoms with Crippen molar-refractivity contribution in [2.24, 2.45) is 0 Å². The number of nitrogens with one attached hydrogen (secondary N) is 1. The summed E-state index contributed by atoms with van der Waals surface area (Å²) in [6.07, 6.45) is 1.57. The Kier molecular flexibility index (Phi) is 6.49. The Morgan fingerprint density at radius 2 is 2.20 bits per heavy atom. The number of halogens is 1. The molecule has 0 saturated heterocycles. The molecule has 1 amide bonds. The smallest absolute Gasteiger partial charge is 0.224 e. The summed E-state index contributed by atoms with van der Waals surface area (Å²) in [5, 5.41) is 12.1. The van der Waals surface area contributed by atoms with E-state index in [-0.39, 0.29) is 24.5 Å². The van der Waals surface area contributed by atoms with Gasteiger partial charge >= 0.3 is 0 Å². The first kappa shape index (κ1) is 17.0. The predicted octanol–water partition coefficient (Wildman–Crippen LogP) is 2.67. The van der Waals surface area contributed by atoms with Crippen molar-refractivity contribution < 1.29 is 14.6 Å². The van der Waals surface area contributed by atoms with Crippen LogP contribution < -0.4 is 10.1 Å². The highest BCUT2D eigenvalue weighted by Crippen LogP contribution is 2.24. The third kappa shape index (κ3) is 4.80. The van der Waals surface area contributed by atoms with Gasteiger partial charge in [-0.05, 0) is 38.0 Å². The van der Waals surface area contributed by atoms with E-state index in [4.69, 9.17) is 9.84 Å². The fourth-order valence-electron chi connectivity index (χ4n) is 2.01. The molecule has 2 N–H and O–H groups in total. The van der Waals surface area contributed by atoms with Crippen molar-refractivity contribution in [2.75, 3.05) is 13.7 Å². The van der Waals surface area contributed by atoms with Gasteiger partial charge in [0.05, 0.1) is 13.5 Å². The molecule has 1 aromatic carbocycles. The van der Waals surface area contributed by atoms with E-state index in [1.165, 1.54) is 0 Å². The highest BCUT2D eigenvalue weighted by atomic mass is 79.9. The Balaban J connectivity index is 2.78. The van der Waals surface area contributed by atoms with Gasteiger partial charge in [-0.15, -0.1) is 0 Å². The molecule has 0 aliphatic carbocycles. The van der Waals surface area contributed by atoms with E-state index >= 15 is 0 Å². The maximum absolute atomic E-state index is 12.2. The Labute approximate surface area is 128 Å². The summed E-state index contributed by atoms with van der Waals surface area (Å²) in [5.74, 6) is 0.628. The van der Waals surface area contributed by atoms with Crippen LogP contribution in [0.15, 0.2) is 22.7 Å². The second kappa shape index (κ2) is 7.64. The van der Waals surface area contributed by atoms with Gasteiger partial charge in [0.1, 0.15) is 5.75 Å². The van der Waals surface area contributed by atoms with Crippen LogP contribution in [0.4, 0.5) is 0 Å². The van der Waals surface area contributed by atoms with E-state index in [0.29, 0.717) is 12.2 Å². The van der Waals surface area contributed by atoms with E-state index < -0.39 is 0 Å². The van der Waals surface area contributed by atoms with Gasteiger partial charge in [0.2, 0.25) is 5.91 Å². The van der Waals surface area contributed by atoms with Gasteiger partial charge in [0.15, 0.2) is 0 Å². The number of carbonyl (C=O) groups excluding carboxylic acids is 1. The monoisotopic (exact) mass is 343 g/mol. The Hall–Kier alpha value is -1.07. The van der Waals surface area contributed by atoms with Crippen LogP contribution in [-0.2, 0) is 11.2 Å². The average molecular weight is 344 g/mol. The van der Waals surface area contributed by atoms with Crippen molar-refractivity contribution in [3.05, 3.63) is 28.2 Å². The molecule has 0 saturated carbocycles. The van der Waals surface area contributed by atoms with Crippen LogP contribution >= 0.6 is 15.9 Å². The molecular weight excluding hydrogens is 322 g/mol. The van der Waals surface area contributed by atoms with E-state index in [0.717, 1.165) is 16.5 Å². The lowest BCUT2D eigenvalue weighted by molar-refractivity contribution is -0.122. The molecule has 0 aliphatic heterocycles. The molecule has 1 atom stereocenters. The number of aliphatic hydroxyl groups excluding tert-OH is 1. The first-order chi connectivity index (χ1) is 9.44. The summed E-state index contributed by atoms with van der Waals surface area (Å²) >= 11 is 3.40. The van der Waals surface area contributed by atoms with E-state index in [2.05, 4.69) is 21.2 Å². The van der Waals surface area contributed by atoms with Crippen molar-refractivity contribution in [1.82, 2.24) is 5.32 Å². The number of aliphatic hydroxyl groups is 1. The first-order valence-corrected chi connectivity index (χ1v) is 7.47. The topological polar surface area (TPSA) is 58.6 Å². The summed E-state index contributed by atoms with van der Waals surface area (Å²) in [5.41, 5.74) is 0.465. The van der Waals surface area contributed by atoms with Gasteiger partial charge in [-0.2, -0.15) is 0 Å². The Morgan fingerprint density at radius 1 is 1.50 bits per heavy atom. The highest BCUT2D eigenvalue weighted by Gasteiger charge is 2.24. The standard InChI is InChI=1S/C15H22BrNO3/c1-4-15(2,7-8-18)17-14(19)10-11-9-12(16)5-6-13(11)20-3/h5-6,9,18H,4,7-8,10H2,1-3H3,(H,17,19). The third-order valence-electron chi connectivity index (χ3n) is 3.48. The zero-order valence-corrected chi connectivity index (χ0v) is 13.8. The molecule has 112 valence electrons. The molecule has 0 heterocycles. The second-order valence-electron chi connectivity index (χ2n) is 5.07. The summed E-state index contributed by atoms with van der Waals surface area (Å²) in [4.78, 5) is 12.2. The molecule has 4 nitrogen and oxygen atoms in total. The van der Waals surface area contributed by atoms with Gasteiger partial charge in [-0.25, -0.2) is 0 Å². The minimum Gasteiger partial charge on any atom is -0.496 e. The number of carbonyl (C=O) groups is 1. The number of hydrogen-bond donors (Lipinski definition) is 2. The van der Waals surface area contributed by atoms with E-state index in [1.54, 1.807) is 7.11 Å². The van der Waals surface area contributed by atoms with Crippen LogP contribution in [-0.4, -0.2) is 30.3 Å². The van der Waals surface area contributed by atoms with Crippen molar-refractivity contribution in [3.8, 4) is 5.75 Å². The number of amides is 1. The minimum atomic E-state index is -0.370. The quantitative estimate of drug-likeness (QED) is 0.800. The minimum absolute atomic E-state index is 0.0603. The second-order valence-corrected chi connectivity index (χ2v) is 5.98. The van der Waals surface area contributed by atoms with Crippen LogP contribution in [0.3, 0.4) is 0 Å². The normalized spacial score (nSPS) is 13.7. The van der Waals surface area contributed by atoms with Crippen molar-refractivity contribution >= 4 is 21.8 Å². The molecule has 1 aromatic rings. The number of methoxy groups -OCH3 is 1. The van der Waals surface area contributed by atoms with Gasteiger partial charge in [-0.3, -0.25) is 4.79 Å². The number of hydrogen-bond acceptors (Lipinski definition) is 3. The third-order valence-corrected chi connectivity index (χ3v) is 3.97. The largest absolute Gasteiger partial charge is 0.496 e. The van der Waals surface area contributed by atoms with Crippen molar-refractivity contribution in [1.29, 1.82) is 0 Å². The molecule has 0 radical (unpaired) electrons. The van der Waals surface area contributed by atoms with Gasteiger partial charge < -0.3 is 15.2 Å². The van der Waals surface area contributed by atoms with Crippen molar-refractivity contribution in [3.63, 3.8) is 0 Å². The zero-order chi connectivity index (χ0) is 15.2. The van der Waals surface area contributed by atoms with Crippen LogP contribution in [0.2, 0.25) is 0 Å². The molecule has 20 heavy (non-hydrogen) atoms. The van der Waals surface area contributed by atoms with Crippen molar-refractivity contribution in [2.45, 2.75) is 38.6 Å². The molecule has 1 rings (SSSR count). The van der Waals surface area contributed by atoms with Gasteiger partial charge in [0.25, 0.3) is 0 Å². The number of rotatable bonds is 7. The van der Waals surface area contributed by atoms with Crippen LogP contribution in [0.1, 0.15) is 32.3 Å². The van der Waals surface area contributed by atoms with Gasteiger partial charge in [0, 0.05) is 22.2 Å². The highest BCUT2D eigenvalue weighted by molar-refractivity contribution is 9.10. The molecule has 0 fully saturated rings. The lowest BCUT2D eigenvalue weighted by Crippen LogP contribution is -2.46. The number of ether oxygens (including phenoxy) is 1. The molecule has 1 unspecified atom stereocenters. The summed E-state index contributed by atoms with van der Waals surface area (Å²) in [6, 6.07) is 5.59. The maximum atomic E-state index is 12.2. The van der Waals surface area contributed by atoms with E-state index in [1.807, 2.05) is 32.0 Å². The first-order valence-electron chi connectivity index (χ1n) is 6.68. The Bertz CT molecular complexity index is 464. The summed E-state index contributed by atoms with van der Waals surface area (Å²) in [7, 11) is 1.59. The van der Waals surface area contributed by atoms with Crippen LogP contribution in [0.25, 0.3) is 0 Å². The average Bonchev–Trinajstić information content (AvgIpc) is 2.39. The lowest BCUT2D eigenvalue weighted by Gasteiger charge is -2.29. The molecule has 5 heteroatoms. The molecule has 0 aliphatic rings. The SMILES string of the molecule is CCC(C)(CCO)NC(=O)Cc1cc(Br)ccc1OC. The lowest BCUT2D eigenvalue weighted by atomic mass is 9.94. The molecular formula is C15H22BrNO3. The summed E-state index contributed by atoms with van der Waals surface area (Å²) in [6.45, 7) is 4.00. The summed E-state index contributed by atoms with van der Waals surface area (Å²) < 4.78 is 6.18. The molecule has 0 aromatic heterocycles. The fraction of sp³-hybridized carbons (Fsp3) is 0.533. The van der Waals surface area contributed by atoms with Crippen LogP contribution in [0.5, 0.6) is 5.75 Å². The number of benzene rings is 1. The van der Waals surface area contributed by atoms with Gasteiger partial charge in [-0.1, -0.05) is 22.9 Å². The zero-order valence-electron chi connectivity index (χ0n) is 12.2. The fourth-order valence-corrected chi connectivity index (χ4v) is 2.42. The maximum Gasteiger partial charge on any atom is 0.224 e. The van der Waals surface area contributed by atoms with E-state index in [9.17, 15) is 4.79 Å². The Morgan fingerprint density at radius 3 is 2.75 bits per heavy atom. The molecule has 0 bridgehead atoms. The molecule has 0 spiro atoms.